The summed E-state index contributed by atoms with van der Waals surface area (Å²) in [5.74, 6) is -1.15. The summed E-state index contributed by atoms with van der Waals surface area (Å²) in [4.78, 5) is 42.1. The van der Waals surface area contributed by atoms with E-state index in [1.807, 2.05) is 19.9 Å². The van der Waals surface area contributed by atoms with Crippen LogP contribution in [0.15, 0.2) is 48.5 Å². The van der Waals surface area contributed by atoms with Crippen LogP contribution in [0.1, 0.15) is 63.2 Å². The number of halogens is 3. The molecule has 0 bridgehead atoms. The zero-order chi connectivity index (χ0) is 33.9. The molecule has 0 fully saturated rings. The van der Waals surface area contributed by atoms with E-state index in [0.29, 0.717) is 36.6 Å². The lowest BCUT2D eigenvalue weighted by Crippen LogP contribution is -2.48. The fraction of sp³-hybridized carbons (Fsp3) is 0.545. The number of likely N-dealkylation sites (N-methyl/N-ethyl adjacent to an activating group) is 1. The van der Waals surface area contributed by atoms with E-state index in [0.717, 1.165) is 6.42 Å². The number of hydrogen-bond donors (Lipinski definition) is 3. The van der Waals surface area contributed by atoms with Crippen LogP contribution >= 0.6 is 0 Å². The van der Waals surface area contributed by atoms with Gasteiger partial charge in [0.05, 0.1) is 36.8 Å². The molecule has 2 aromatic rings. The molecule has 2 aromatic carbocycles. The maximum Gasteiger partial charge on any atom is 0.389 e. The first-order chi connectivity index (χ1) is 21.8. The number of urea groups is 1. The van der Waals surface area contributed by atoms with Crippen molar-refractivity contribution in [1.82, 2.24) is 9.80 Å². The highest BCUT2D eigenvalue weighted by molar-refractivity contribution is 6.02. The first kappa shape index (κ1) is 36.6. The van der Waals surface area contributed by atoms with Crippen molar-refractivity contribution >= 4 is 29.2 Å². The Morgan fingerprint density at radius 2 is 1.78 bits per heavy atom. The third kappa shape index (κ3) is 11.5. The zero-order valence-electron chi connectivity index (χ0n) is 26.8. The number of nitrogens with zero attached hydrogens (tertiary/aromatic N) is 2. The minimum absolute atomic E-state index is 0.0358. The quantitative estimate of drug-likeness (QED) is 0.326. The number of ether oxygens (including phenoxy) is 2. The maximum absolute atomic E-state index is 14.2. The Morgan fingerprint density at radius 1 is 1.09 bits per heavy atom. The van der Waals surface area contributed by atoms with Gasteiger partial charge in [0.15, 0.2) is 0 Å². The van der Waals surface area contributed by atoms with Crippen molar-refractivity contribution in [3.05, 3.63) is 54.1 Å². The molecule has 13 heteroatoms. The van der Waals surface area contributed by atoms with Gasteiger partial charge in [0.25, 0.3) is 5.91 Å². The molecule has 0 saturated heterocycles. The number of aliphatic hydroxyl groups is 1. The van der Waals surface area contributed by atoms with E-state index in [1.165, 1.54) is 22.9 Å². The van der Waals surface area contributed by atoms with Gasteiger partial charge in [-0.05, 0) is 63.4 Å². The van der Waals surface area contributed by atoms with Crippen molar-refractivity contribution in [3.8, 4) is 5.75 Å². The van der Waals surface area contributed by atoms with Crippen LogP contribution in [0.3, 0.4) is 0 Å². The van der Waals surface area contributed by atoms with Gasteiger partial charge in [0, 0.05) is 50.5 Å². The number of fused-ring (bicyclic) bond motifs is 1. The van der Waals surface area contributed by atoms with Crippen LogP contribution in [0.5, 0.6) is 5.75 Å². The summed E-state index contributed by atoms with van der Waals surface area (Å²) in [5.41, 5.74) is 1.13. The summed E-state index contributed by atoms with van der Waals surface area (Å²) in [5, 5.41) is 15.6. The van der Waals surface area contributed by atoms with E-state index in [9.17, 15) is 32.7 Å². The number of nitrogens with one attached hydrogen (secondary N) is 2. The summed E-state index contributed by atoms with van der Waals surface area (Å²) in [7, 11) is 1.44. The zero-order valence-corrected chi connectivity index (χ0v) is 26.8. The molecule has 46 heavy (non-hydrogen) atoms. The molecule has 0 aliphatic carbocycles. The van der Waals surface area contributed by atoms with Crippen LogP contribution in [0.4, 0.5) is 29.3 Å². The number of aliphatic hydroxyl groups excluding tert-OH is 1. The van der Waals surface area contributed by atoms with Gasteiger partial charge in [-0.15, -0.1) is 0 Å². The number of carbonyl (C=O) groups is 3. The normalized spacial score (nSPS) is 20.5. The van der Waals surface area contributed by atoms with E-state index >= 15 is 0 Å². The van der Waals surface area contributed by atoms with Crippen molar-refractivity contribution in [2.24, 2.45) is 5.92 Å². The molecule has 0 aromatic heterocycles. The van der Waals surface area contributed by atoms with Crippen molar-refractivity contribution in [3.63, 3.8) is 0 Å². The molecule has 10 nitrogen and oxygen atoms in total. The van der Waals surface area contributed by atoms with Gasteiger partial charge < -0.3 is 35.0 Å². The number of benzene rings is 2. The third-order valence-electron chi connectivity index (χ3n) is 7.84. The molecular formula is C33H45F3N4O6. The smallest absolute Gasteiger partial charge is 0.389 e. The van der Waals surface area contributed by atoms with E-state index in [4.69, 9.17) is 9.47 Å². The SMILES string of the molecule is C[C@@H]1CN([C@@H](C)CO)C(=O)c2cc(NC(=O)Nc3ccccc3)ccc2O[C@@H](C)CCCCO[C@H]1CN(C)C(=O)CCC(F)(F)F. The first-order valence-corrected chi connectivity index (χ1v) is 15.5. The monoisotopic (exact) mass is 650 g/mol. The second-order valence-electron chi connectivity index (χ2n) is 11.8. The van der Waals surface area contributed by atoms with Crippen molar-refractivity contribution < 1.29 is 42.1 Å². The van der Waals surface area contributed by atoms with Crippen molar-refractivity contribution in [2.75, 3.05) is 44.0 Å². The average Bonchev–Trinajstić information content (AvgIpc) is 3.01. The molecule has 254 valence electrons. The van der Waals surface area contributed by atoms with Gasteiger partial charge in [-0.3, -0.25) is 9.59 Å². The Bertz CT molecular complexity index is 1300. The summed E-state index contributed by atoms with van der Waals surface area (Å²) < 4.78 is 50.6. The second-order valence-corrected chi connectivity index (χ2v) is 11.8. The third-order valence-corrected chi connectivity index (χ3v) is 7.84. The molecule has 4 atom stereocenters. The lowest BCUT2D eigenvalue weighted by atomic mass is 10.0. The number of para-hydroxylation sites is 1. The van der Waals surface area contributed by atoms with E-state index in [2.05, 4.69) is 10.6 Å². The lowest BCUT2D eigenvalue weighted by molar-refractivity contribution is -0.149. The number of carbonyl (C=O) groups excluding carboxylic acids is 3. The van der Waals surface area contributed by atoms with Crippen molar-refractivity contribution in [1.29, 1.82) is 0 Å². The average molecular weight is 651 g/mol. The predicted octanol–water partition coefficient (Wildman–Crippen LogP) is 5.93. The Balaban J connectivity index is 1.89. The number of alkyl halides is 3. The standard InChI is InChI=1S/C33H45F3N4O6/c1-22-19-40(23(2)21-41)31(43)27-18-26(38-32(44)37-25-11-6-5-7-12-25)13-14-28(27)46-24(3)10-8-9-17-45-29(22)20-39(4)30(42)15-16-33(34,35)36/h5-7,11-14,18,22-24,29,41H,8-10,15-17,19-21H2,1-4H3,(H2,37,38,44)/t22-,23+,24+,29+/m1/s1. The summed E-state index contributed by atoms with van der Waals surface area (Å²) in [6, 6.07) is 12.6. The molecule has 3 N–H and O–H groups in total. The molecule has 0 radical (unpaired) electrons. The molecular weight excluding hydrogens is 605 g/mol. The van der Waals surface area contributed by atoms with Gasteiger partial charge in [0.1, 0.15) is 5.75 Å². The fourth-order valence-corrected chi connectivity index (χ4v) is 5.09. The van der Waals surface area contributed by atoms with Gasteiger partial charge in [0.2, 0.25) is 5.91 Å². The molecule has 1 heterocycles. The second kappa shape index (κ2) is 17.2. The maximum atomic E-state index is 14.2. The van der Waals surface area contributed by atoms with Gasteiger partial charge in [-0.2, -0.15) is 13.2 Å². The molecule has 0 spiro atoms. The number of hydrogen-bond acceptors (Lipinski definition) is 6. The topological polar surface area (TPSA) is 120 Å². The number of amides is 4. The highest BCUT2D eigenvalue weighted by Crippen LogP contribution is 2.29. The Hall–Kier alpha value is -3.84. The van der Waals surface area contributed by atoms with E-state index < -0.39 is 49.0 Å². The van der Waals surface area contributed by atoms with Crippen molar-refractivity contribution in [2.45, 2.75) is 77.3 Å². The Kier molecular flexibility index (Phi) is 13.7. The fourth-order valence-electron chi connectivity index (χ4n) is 5.09. The summed E-state index contributed by atoms with van der Waals surface area (Å²) in [6.45, 7) is 5.57. The van der Waals surface area contributed by atoms with Gasteiger partial charge in [-0.25, -0.2) is 4.79 Å². The molecule has 0 unspecified atom stereocenters. The summed E-state index contributed by atoms with van der Waals surface area (Å²) >= 11 is 0. The number of anilines is 2. The van der Waals surface area contributed by atoms with E-state index in [-0.39, 0.29) is 37.3 Å². The molecule has 1 aliphatic heterocycles. The van der Waals surface area contributed by atoms with Gasteiger partial charge >= 0.3 is 12.2 Å². The Labute approximate surface area is 268 Å². The highest BCUT2D eigenvalue weighted by Gasteiger charge is 2.32. The van der Waals surface area contributed by atoms with Crippen LogP contribution in [-0.4, -0.2) is 90.5 Å². The minimum atomic E-state index is -4.44. The molecule has 0 saturated carbocycles. The predicted molar refractivity (Wildman–Crippen MR) is 169 cm³/mol. The molecule has 3 rings (SSSR count). The number of rotatable bonds is 8. The lowest BCUT2D eigenvalue weighted by Gasteiger charge is -2.36. The largest absolute Gasteiger partial charge is 0.490 e. The van der Waals surface area contributed by atoms with Gasteiger partial charge in [-0.1, -0.05) is 25.1 Å². The molecule has 1 aliphatic rings. The van der Waals surface area contributed by atoms with E-state index in [1.54, 1.807) is 43.3 Å². The van der Waals surface area contributed by atoms with Crippen LogP contribution < -0.4 is 15.4 Å². The first-order valence-electron chi connectivity index (χ1n) is 15.5. The van der Waals surface area contributed by atoms with Crippen LogP contribution in [0, 0.1) is 5.92 Å². The van der Waals surface area contributed by atoms with Crippen LogP contribution in [-0.2, 0) is 9.53 Å². The summed E-state index contributed by atoms with van der Waals surface area (Å²) in [6.07, 6.45) is -5.08. The van der Waals surface area contributed by atoms with Crippen LogP contribution in [0.25, 0.3) is 0 Å². The van der Waals surface area contributed by atoms with Crippen LogP contribution in [0.2, 0.25) is 0 Å². The minimum Gasteiger partial charge on any atom is -0.490 e. The molecule has 4 amide bonds. The highest BCUT2D eigenvalue weighted by atomic mass is 19.4. The Morgan fingerprint density at radius 3 is 2.46 bits per heavy atom.